The van der Waals surface area contributed by atoms with Gasteiger partial charge < -0.3 is 28.6 Å². The summed E-state index contributed by atoms with van der Waals surface area (Å²) in [5, 5.41) is 0.901. The molecule has 60 heavy (non-hydrogen) atoms. The van der Waals surface area contributed by atoms with Crippen LogP contribution in [0.25, 0.3) is 10.9 Å². The van der Waals surface area contributed by atoms with E-state index in [9.17, 15) is 19.2 Å². The molecule has 1 aromatic heterocycles. The summed E-state index contributed by atoms with van der Waals surface area (Å²) in [5.41, 5.74) is -0.917. The van der Waals surface area contributed by atoms with E-state index in [-0.39, 0.29) is 67.2 Å². The second kappa shape index (κ2) is 17.4. The quantitative estimate of drug-likeness (QED) is 0.161. The summed E-state index contributed by atoms with van der Waals surface area (Å²) in [6.45, 7) is 13.7. The number of ketones is 2. The number of likely N-dealkylation sites (tertiary alicyclic amines) is 1. The highest BCUT2D eigenvalue weighted by molar-refractivity contribution is 6.36. The number of morpholine rings is 1. The molecular formula is C46H59ClN4O9. The molecular weight excluding hydrogens is 788 g/mol. The topological polar surface area (TPSA) is 146 Å². The highest BCUT2D eigenvalue weighted by Crippen LogP contribution is 2.58. The van der Waals surface area contributed by atoms with Crippen LogP contribution < -0.4 is 14.2 Å². The van der Waals surface area contributed by atoms with Gasteiger partial charge in [0.25, 0.3) is 0 Å². The van der Waals surface area contributed by atoms with Crippen molar-refractivity contribution in [1.82, 2.24) is 14.8 Å². The molecule has 0 N–H and O–H groups in total. The molecule has 3 saturated carbocycles. The standard InChI is InChI=1S/C46H59ClN4O9/c1-6-30-24-46(30,27(2)52)25-36(53)35-21-32(26-51(35)44(55)34(45(3,4)5)22-41(54)59-31-19-28-18-29(28)20-31)58-38-23-40(60-39-8-7-11-48-39)49-43-33(38)9-10-37(42(43)47)57-17-14-50-12-15-56-16-13-50/h7,9-11,23,28-32,34-35H,6,8,12-22,24-26H2,1-5H3/t28-,29+,30-,31?,32-,34-,35+,46+/m1/s1. The van der Waals surface area contributed by atoms with Gasteiger partial charge in [-0.1, -0.05) is 51.8 Å². The Hall–Kier alpha value is -4.07. The van der Waals surface area contributed by atoms with Crippen LogP contribution in [-0.4, -0.2) is 108 Å². The zero-order valence-electron chi connectivity index (χ0n) is 35.6. The fraction of sp³-hybridized carbons (Fsp3) is 0.652. The molecule has 13 nitrogen and oxygen atoms in total. The lowest BCUT2D eigenvalue weighted by Gasteiger charge is -2.35. The number of hydrogen-bond acceptors (Lipinski definition) is 12. The monoisotopic (exact) mass is 846 g/mol. The number of hydrogen-bond donors (Lipinski definition) is 0. The van der Waals surface area contributed by atoms with Crippen LogP contribution >= 0.6 is 11.6 Å². The van der Waals surface area contributed by atoms with Crippen LogP contribution in [0.2, 0.25) is 5.02 Å². The number of halogens is 1. The van der Waals surface area contributed by atoms with Crippen LogP contribution in [0.1, 0.15) is 92.4 Å². The summed E-state index contributed by atoms with van der Waals surface area (Å²) in [6.07, 6.45) is 7.96. The molecule has 1 amide bonds. The number of carbonyl (C=O) groups excluding carboxylic acids is 4. The van der Waals surface area contributed by atoms with Crippen molar-refractivity contribution in [1.29, 1.82) is 0 Å². The summed E-state index contributed by atoms with van der Waals surface area (Å²) in [4.78, 5) is 68.7. The summed E-state index contributed by atoms with van der Waals surface area (Å²) in [6, 6.07) is 4.47. The Labute approximate surface area is 357 Å². The van der Waals surface area contributed by atoms with Crippen molar-refractivity contribution < 1.29 is 42.9 Å². The first kappa shape index (κ1) is 42.6. The minimum Gasteiger partial charge on any atom is -0.491 e. The first-order chi connectivity index (χ1) is 28.7. The molecule has 5 fully saturated rings. The lowest BCUT2D eigenvalue weighted by molar-refractivity contribution is -0.156. The van der Waals surface area contributed by atoms with Crippen molar-refractivity contribution in [3.63, 3.8) is 0 Å². The average molecular weight is 847 g/mol. The Balaban J connectivity index is 1.06. The summed E-state index contributed by atoms with van der Waals surface area (Å²) in [5.74, 6) is 1.41. The summed E-state index contributed by atoms with van der Waals surface area (Å²) in [7, 11) is 0. The molecule has 0 radical (unpaired) electrons. The molecule has 1 aromatic carbocycles. The van der Waals surface area contributed by atoms with Gasteiger partial charge >= 0.3 is 5.97 Å². The van der Waals surface area contributed by atoms with Crippen LogP contribution in [0.15, 0.2) is 35.5 Å². The van der Waals surface area contributed by atoms with Gasteiger partial charge in [-0.2, -0.15) is 0 Å². The molecule has 1 unspecified atom stereocenters. The number of aliphatic imine (C=N–C) groups is 1. The van der Waals surface area contributed by atoms with Crippen molar-refractivity contribution in [2.75, 3.05) is 46.0 Å². The van der Waals surface area contributed by atoms with E-state index in [1.807, 2.05) is 39.8 Å². The first-order valence-electron chi connectivity index (χ1n) is 21.9. The Morgan fingerprint density at radius 2 is 1.80 bits per heavy atom. The van der Waals surface area contributed by atoms with Gasteiger partial charge in [-0.25, -0.2) is 9.98 Å². The largest absolute Gasteiger partial charge is 0.491 e. The van der Waals surface area contributed by atoms with Gasteiger partial charge in [0.1, 0.15) is 46.6 Å². The van der Waals surface area contributed by atoms with E-state index in [1.165, 1.54) is 6.42 Å². The molecule has 324 valence electrons. The number of nitrogens with zero attached hydrogens (tertiary/aromatic N) is 4. The van der Waals surface area contributed by atoms with E-state index in [0.717, 1.165) is 38.9 Å². The smallest absolute Gasteiger partial charge is 0.306 e. The first-order valence-corrected chi connectivity index (χ1v) is 22.3. The van der Waals surface area contributed by atoms with E-state index >= 15 is 0 Å². The normalized spacial score (nSPS) is 28.9. The second-order valence-electron chi connectivity index (χ2n) is 18.9. The predicted octanol–water partition coefficient (Wildman–Crippen LogP) is 7.00. The molecule has 8 atom stereocenters. The number of Topliss-reactive ketones (excluding diaryl/α,β-unsaturated/α-hetero) is 2. The van der Waals surface area contributed by atoms with Crippen molar-refractivity contribution in [3.8, 4) is 17.4 Å². The number of esters is 1. The SMILES string of the molecule is CC[C@@H]1C[C@]1(CC(=O)[C@@H]1C[C@@H](Oc2cc(OC3=NC=CC3)nc3c(Cl)c(OCCN4CCOCC4)ccc23)CN1C(=O)[C@@H](CC(=O)OC1C[C@@H]2C[C@@H]2C1)C(C)(C)C)C(C)=O. The number of amides is 1. The molecule has 0 bridgehead atoms. The number of pyridine rings is 1. The molecule has 3 aliphatic heterocycles. The maximum absolute atomic E-state index is 14.9. The minimum absolute atomic E-state index is 0.00501. The van der Waals surface area contributed by atoms with Crippen molar-refractivity contribution in [2.24, 2.45) is 39.5 Å². The van der Waals surface area contributed by atoms with Crippen LogP contribution in [0, 0.1) is 34.5 Å². The van der Waals surface area contributed by atoms with Gasteiger partial charge in [0.15, 0.2) is 5.78 Å². The van der Waals surface area contributed by atoms with Gasteiger partial charge in [0.05, 0.1) is 38.1 Å². The predicted molar refractivity (Wildman–Crippen MR) is 225 cm³/mol. The van der Waals surface area contributed by atoms with E-state index in [0.29, 0.717) is 77.8 Å². The molecule has 14 heteroatoms. The molecule has 2 aromatic rings. The lowest BCUT2D eigenvalue weighted by atomic mass is 9.77. The van der Waals surface area contributed by atoms with Crippen LogP contribution in [0.5, 0.6) is 17.4 Å². The maximum atomic E-state index is 14.9. The highest BCUT2D eigenvalue weighted by atomic mass is 35.5. The average Bonchev–Trinajstić information content (AvgIpc) is 3.85. The molecule has 8 rings (SSSR count). The third kappa shape index (κ3) is 9.23. The van der Waals surface area contributed by atoms with Gasteiger partial charge in [-0.05, 0) is 67.9 Å². The minimum atomic E-state index is -0.850. The van der Waals surface area contributed by atoms with Gasteiger partial charge in [0, 0.05) is 62.0 Å². The van der Waals surface area contributed by atoms with Gasteiger partial charge in [0.2, 0.25) is 17.7 Å². The fourth-order valence-corrected chi connectivity index (χ4v) is 10.2. The fourth-order valence-electron chi connectivity index (χ4n) is 9.94. The molecule has 0 spiro atoms. The highest BCUT2D eigenvalue weighted by Gasteiger charge is 2.59. The molecule has 4 heterocycles. The zero-order valence-corrected chi connectivity index (χ0v) is 36.3. The van der Waals surface area contributed by atoms with Crippen molar-refractivity contribution >= 4 is 51.8 Å². The molecule has 2 saturated heterocycles. The van der Waals surface area contributed by atoms with E-state index in [2.05, 4.69) is 9.89 Å². The van der Waals surface area contributed by atoms with Crippen LogP contribution in [0.4, 0.5) is 0 Å². The zero-order chi connectivity index (χ0) is 42.3. The molecule has 6 aliphatic rings. The summed E-state index contributed by atoms with van der Waals surface area (Å²) >= 11 is 7.03. The molecule has 3 aliphatic carbocycles. The Morgan fingerprint density at radius 3 is 2.47 bits per heavy atom. The van der Waals surface area contributed by atoms with E-state index in [4.69, 9.17) is 40.3 Å². The number of aromatic nitrogens is 1. The van der Waals surface area contributed by atoms with Gasteiger partial charge in [-0.3, -0.25) is 24.1 Å². The lowest BCUT2D eigenvalue weighted by Crippen LogP contribution is -2.48. The summed E-state index contributed by atoms with van der Waals surface area (Å²) < 4.78 is 30.5. The van der Waals surface area contributed by atoms with Crippen molar-refractivity contribution in [3.05, 3.63) is 35.5 Å². The maximum Gasteiger partial charge on any atom is 0.306 e. The van der Waals surface area contributed by atoms with Gasteiger partial charge in [-0.15, -0.1) is 0 Å². The Bertz CT molecular complexity index is 2050. The second-order valence-corrected chi connectivity index (χ2v) is 19.2. The Morgan fingerprint density at radius 1 is 1.03 bits per heavy atom. The van der Waals surface area contributed by atoms with E-state index < -0.39 is 28.9 Å². The number of fused-ring (bicyclic) bond motifs is 2. The third-order valence-electron chi connectivity index (χ3n) is 13.8. The number of carbonyl (C=O) groups is 4. The van der Waals surface area contributed by atoms with Crippen LogP contribution in [-0.2, 0) is 28.7 Å². The van der Waals surface area contributed by atoms with Crippen molar-refractivity contribution in [2.45, 2.75) is 111 Å². The van der Waals surface area contributed by atoms with Crippen LogP contribution in [0.3, 0.4) is 0 Å². The number of rotatable bonds is 16. The Kier molecular flexibility index (Phi) is 12.3. The number of ether oxygens (including phenoxy) is 5. The third-order valence-corrected chi connectivity index (χ3v) is 14.1. The number of benzene rings is 1. The van der Waals surface area contributed by atoms with E-state index in [1.54, 1.807) is 30.2 Å².